The van der Waals surface area contributed by atoms with E-state index in [9.17, 15) is 4.79 Å². The molecule has 2 atom stereocenters. The molecule has 1 aromatic carbocycles. The van der Waals surface area contributed by atoms with Gasteiger partial charge < -0.3 is 15.0 Å². The van der Waals surface area contributed by atoms with Crippen LogP contribution in [0.2, 0.25) is 0 Å². The molecule has 0 aliphatic carbocycles. The normalized spacial score (nSPS) is 28.5. The second kappa shape index (κ2) is 5.02. The molecule has 0 aromatic heterocycles. The molecule has 0 bridgehead atoms. The minimum atomic E-state index is -0.443. The monoisotopic (exact) mass is 288 g/mol. The van der Waals surface area contributed by atoms with Gasteiger partial charge in [-0.1, -0.05) is 30.3 Å². The van der Waals surface area contributed by atoms with Crippen LogP contribution in [0.3, 0.4) is 0 Å². The van der Waals surface area contributed by atoms with Crippen LogP contribution < -0.4 is 5.32 Å². The molecule has 3 rings (SSSR count). The van der Waals surface area contributed by atoms with Gasteiger partial charge in [-0.05, 0) is 45.7 Å². The Morgan fingerprint density at radius 1 is 1.33 bits per heavy atom. The molecule has 4 heteroatoms. The average molecular weight is 288 g/mol. The van der Waals surface area contributed by atoms with Crippen LogP contribution in [-0.2, 0) is 10.3 Å². The molecule has 2 aliphatic rings. The summed E-state index contributed by atoms with van der Waals surface area (Å²) < 4.78 is 5.57. The number of hydrogen-bond acceptors (Lipinski definition) is 3. The second-order valence-electron chi connectivity index (χ2n) is 6.99. The molecule has 1 amide bonds. The number of fused-ring (bicyclic) bond motifs is 1. The first kappa shape index (κ1) is 14.4. The van der Waals surface area contributed by atoms with Crippen LogP contribution in [0.25, 0.3) is 0 Å². The van der Waals surface area contributed by atoms with Crippen molar-refractivity contribution in [1.29, 1.82) is 0 Å². The number of nitrogens with zero attached hydrogens (tertiary/aromatic N) is 1. The maximum Gasteiger partial charge on any atom is 0.410 e. The topological polar surface area (TPSA) is 41.6 Å². The number of carbonyl (C=O) groups is 1. The summed E-state index contributed by atoms with van der Waals surface area (Å²) in [4.78, 5) is 14.4. The van der Waals surface area contributed by atoms with E-state index < -0.39 is 5.60 Å². The van der Waals surface area contributed by atoms with E-state index in [0.717, 1.165) is 25.9 Å². The summed E-state index contributed by atoms with van der Waals surface area (Å²) in [5.74, 6) is 0. The van der Waals surface area contributed by atoms with Crippen molar-refractivity contribution in [3.05, 3.63) is 35.9 Å². The van der Waals surface area contributed by atoms with E-state index in [2.05, 4.69) is 29.6 Å². The zero-order valence-electron chi connectivity index (χ0n) is 13.1. The maximum atomic E-state index is 12.5. The molecular formula is C17H24N2O2. The Morgan fingerprint density at radius 3 is 2.71 bits per heavy atom. The van der Waals surface area contributed by atoms with Crippen LogP contribution in [0.5, 0.6) is 0 Å². The van der Waals surface area contributed by atoms with Gasteiger partial charge in [-0.2, -0.15) is 0 Å². The van der Waals surface area contributed by atoms with Gasteiger partial charge >= 0.3 is 6.09 Å². The predicted molar refractivity (Wildman–Crippen MR) is 82.1 cm³/mol. The number of hydrogen-bond donors (Lipinski definition) is 1. The summed E-state index contributed by atoms with van der Waals surface area (Å²) >= 11 is 0. The number of rotatable bonds is 1. The number of amides is 1. The average Bonchev–Trinajstić information content (AvgIpc) is 2.96. The van der Waals surface area contributed by atoms with E-state index >= 15 is 0 Å². The highest BCUT2D eigenvalue weighted by Gasteiger charge is 2.53. The molecule has 2 unspecified atom stereocenters. The Morgan fingerprint density at radius 2 is 2.05 bits per heavy atom. The summed E-state index contributed by atoms with van der Waals surface area (Å²) in [6.07, 6.45) is 1.74. The predicted octanol–water partition coefficient (Wildman–Crippen LogP) is 2.88. The molecule has 0 saturated carbocycles. The van der Waals surface area contributed by atoms with E-state index in [-0.39, 0.29) is 17.7 Å². The molecule has 0 radical (unpaired) electrons. The second-order valence-corrected chi connectivity index (χ2v) is 6.99. The van der Waals surface area contributed by atoms with Crippen molar-refractivity contribution >= 4 is 6.09 Å². The largest absolute Gasteiger partial charge is 0.444 e. The minimum Gasteiger partial charge on any atom is -0.444 e. The summed E-state index contributed by atoms with van der Waals surface area (Å²) in [6.45, 7) is 7.44. The van der Waals surface area contributed by atoms with Gasteiger partial charge in [0.25, 0.3) is 0 Å². The summed E-state index contributed by atoms with van der Waals surface area (Å²) in [6, 6.07) is 10.7. The van der Waals surface area contributed by atoms with E-state index in [1.165, 1.54) is 5.56 Å². The zero-order valence-corrected chi connectivity index (χ0v) is 13.1. The maximum absolute atomic E-state index is 12.5. The zero-order chi connectivity index (χ0) is 15.1. The Hall–Kier alpha value is -1.55. The molecule has 0 spiro atoms. The van der Waals surface area contributed by atoms with E-state index in [1.54, 1.807) is 0 Å². The third-order valence-corrected chi connectivity index (χ3v) is 4.47. The van der Waals surface area contributed by atoms with Gasteiger partial charge in [0.2, 0.25) is 0 Å². The molecule has 2 aliphatic heterocycles. The highest BCUT2D eigenvalue weighted by Crippen LogP contribution is 2.43. The van der Waals surface area contributed by atoms with Gasteiger partial charge in [0.15, 0.2) is 0 Å². The lowest BCUT2D eigenvalue weighted by molar-refractivity contribution is 0.0208. The van der Waals surface area contributed by atoms with E-state index in [1.807, 2.05) is 31.7 Å². The Kier molecular flexibility index (Phi) is 3.44. The van der Waals surface area contributed by atoms with Gasteiger partial charge in [-0.3, -0.25) is 0 Å². The smallest absolute Gasteiger partial charge is 0.410 e. The molecule has 4 nitrogen and oxygen atoms in total. The molecule has 2 fully saturated rings. The van der Waals surface area contributed by atoms with Crippen LogP contribution in [0, 0.1) is 0 Å². The number of carbonyl (C=O) groups excluding carboxylic acids is 1. The summed E-state index contributed by atoms with van der Waals surface area (Å²) in [5, 5.41) is 3.65. The Labute approximate surface area is 126 Å². The Bertz CT molecular complexity index is 523. The fraction of sp³-hybridized carbons (Fsp3) is 0.588. The number of likely N-dealkylation sites (tertiary alicyclic amines) is 1. The first-order chi connectivity index (χ1) is 9.92. The van der Waals surface area contributed by atoms with Crippen LogP contribution in [0.15, 0.2) is 30.3 Å². The lowest BCUT2D eigenvalue weighted by Crippen LogP contribution is -2.47. The van der Waals surface area contributed by atoms with Crippen LogP contribution in [0.1, 0.15) is 39.2 Å². The fourth-order valence-corrected chi connectivity index (χ4v) is 3.64. The lowest BCUT2D eigenvalue weighted by Gasteiger charge is -2.33. The molecule has 2 heterocycles. The highest BCUT2D eigenvalue weighted by atomic mass is 16.6. The third kappa shape index (κ3) is 2.53. The van der Waals surface area contributed by atoms with Crippen molar-refractivity contribution in [3.63, 3.8) is 0 Å². The summed E-state index contributed by atoms with van der Waals surface area (Å²) in [5.41, 5.74) is 0.734. The van der Waals surface area contributed by atoms with Crippen molar-refractivity contribution < 1.29 is 9.53 Å². The van der Waals surface area contributed by atoms with Crippen molar-refractivity contribution in [1.82, 2.24) is 10.2 Å². The molecule has 114 valence electrons. The quantitative estimate of drug-likeness (QED) is 0.864. The number of nitrogens with one attached hydrogen (secondary N) is 1. The van der Waals surface area contributed by atoms with Crippen molar-refractivity contribution in [2.75, 3.05) is 13.1 Å². The summed E-state index contributed by atoms with van der Waals surface area (Å²) in [7, 11) is 0. The standard InChI is InChI=1S/C17H24N2O2/c1-16(2,3)21-15(20)19-12-10-17(14(19)9-11-18-17)13-7-5-4-6-8-13/h4-8,14,18H,9-12H2,1-3H3. The van der Waals surface area contributed by atoms with E-state index in [0.29, 0.717) is 0 Å². The van der Waals surface area contributed by atoms with Gasteiger partial charge in [0.1, 0.15) is 5.60 Å². The van der Waals surface area contributed by atoms with Crippen molar-refractivity contribution in [3.8, 4) is 0 Å². The van der Waals surface area contributed by atoms with Crippen molar-refractivity contribution in [2.24, 2.45) is 0 Å². The van der Waals surface area contributed by atoms with E-state index in [4.69, 9.17) is 4.74 Å². The SMILES string of the molecule is CC(C)(C)OC(=O)N1CCC2(c3ccccc3)NCCC12. The first-order valence-corrected chi connectivity index (χ1v) is 7.73. The van der Waals surface area contributed by atoms with Crippen molar-refractivity contribution in [2.45, 2.75) is 50.8 Å². The number of benzene rings is 1. The van der Waals surface area contributed by atoms with Crippen LogP contribution in [0.4, 0.5) is 4.79 Å². The molecule has 2 saturated heterocycles. The fourth-order valence-electron chi connectivity index (χ4n) is 3.64. The molecule has 1 aromatic rings. The molecular weight excluding hydrogens is 264 g/mol. The third-order valence-electron chi connectivity index (χ3n) is 4.47. The van der Waals surface area contributed by atoms with Gasteiger partial charge in [-0.15, -0.1) is 0 Å². The highest BCUT2D eigenvalue weighted by molar-refractivity contribution is 5.69. The lowest BCUT2D eigenvalue weighted by atomic mass is 9.84. The van der Waals surface area contributed by atoms with Gasteiger partial charge in [0.05, 0.1) is 11.6 Å². The first-order valence-electron chi connectivity index (χ1n) is 7.73. The van der Waals surface area contributed by atoms with Gasteiger partial charge in [0, 0.05) is 6.54 Å². The molecule has 1 N–H and O–H groups in total. The van der Waals surface area contributed by atoms with Crippen LogP contribution in [-0.4, -0.2) is 35.7 Å². The Balaban J connectivity index is 1.85. The van der Waals surface area contributed by atoms with Crippen LogP contribution >= 0.6 is 0 Å². The number of ether oxygens (including phenoxy) is 1. The molecule has 21 heavy (non-hydrogen) atoms. The minimum absolute atomic E-state index is 0.0990. The van der Waals surface area contributed by atoms with Gasteiger partial charge in [-0.25, -0.2) is 4.79 Å².